The Morgan fingerprint density at radius 1 is 1.19 bits per heavy atom. The van der Waals surface area contributed by atoms with E-state index < -0.39 is 33.6 Å². The fourth-order valence-corrected chi connectivity index (χ4v) is 3.13. The molecule has 0 aliphatic rings. The molecule has 0 heterocycles. The first-order valence-electron chi connectivity index (χ1n) is 8.32. The molecule has 0 amide bonds. The Morgan fingerprint density at radius 3 is 2.42 bits per heavy atom. The summed E-state index contributed by atoms with van der Waals surface area (Å²) in [6.07, 6.45) is -0.0160. The van der Waals surface area contributed by atoms with Gasteiger partial charge in [0, 0.05) is 17.0 Å². The van der Waals surface area contributed by atoms with Crippen molar-refractivity contribution in [2.24, 2.45) is 0 Å². The van der Waals surface area contributed by atoms with Crippen molar-refractivity contribution >= 4 is 39.3 Å². The van der Waals surface area contributed by atoms with E-state index in [2.05, 4.69) is 12.1 Å². The van der Waals surface area contributed by atoms with Crippen LogP contribution in [0.2, 0.25) is 5.02 Å². The monoisotopic (exact) mass is 482 g/mol. The summed E-state index contributed by atoms with van der Waals surface area (Å²) in [6.45, 7) is 2.95. The number of alkyl halides is 3. The van der Waals surface area contributed by atoms with Crippen molar-refractivity contribution in [3.05, 3.63) is 65.4 Å². The van der Waals surface area contributed by atoms with Crippen LogP contribution >= 0.6 is 11.6 Å². The van der Waals surface area contributed by atoms with E-state index in [-0.39, 0.29) is 32.9 Å². The molecule has 0 atom stereocenters. The van der Waals surface area contributed by atoms with E-state index in [0.717, 1.165) is 30.3 Å². The number of halogens is 5. The van der Waals surface area contributed by atoms with Crippen LogP contribution in [0.4, 0.5) is 23.2 Å². The molecular formula is C18H15ClF4N2O5S. The lowest BCUT2D eigenvalue weighted by Gasteiger charge is -2.26. The largest absolute Gasteiger partial charge is 0.518 e. The Labute approximate surface area is 179 Å². The van der Waals surface area contributed by atoms with Crippen LogP contribution in [0.3, 0.4) is 0 Å². The molecule has 0 fully saturated rings. The highest BCUT2D eigenvalue weighted by Gasteiger charge is 2.52. The molecule has 13 heteroatoms. The normalized spacial score (nSPS) is 11.6. The number of hydroxylamine groups is 1. The van der Waals surface area contributed by atoms with E-state index in [1.165, 1.54) is 12.1 Å². The summed E-state index contributed by atoms with van der Waals surface area (Å²) in [5.74, 6) is -0.392. The number of aldehydes is 1. The zero-order valence-corrected chi connectivity index (χ0v) is 17.1. The van der Waals surface area contributed by atoms with Gasteiger partial charge in [0.05, 0.1) is 18.0 Å². The first kappa shape index (κ1) is 24.4. The van der Waals surface area contributed by atoms with Crippen molar-refractivity contribution in [3.63, 3.8) is 0 Å². The molecule has 2 aromatic carbocycles. The summed E-state index contributed by atoms with van der Waals surface area (Å²) in [5, 5.41) is 0.0423. The van der Waals surface area contributed by atoms with Crippen LogP contribution in [-0.2, 0) is 19.7 Å². The smallest absolute Gasteiger partial charge is 0.382 e. The van der Waals surface area contributed by atoms with Crippen molar-refractivity contribution in [1.29, 1.82) is 0 Å². The summed E-state index contributed by atoms with van der Waals surface area (Å²) >= 11 is 5.90. The van der Waals surface area contributed by atoms with Crippen LogP contribution in [0.5, 0.6) is 5.75 Å². The molecule has 0 aliphatic heterocycles. The Morgan fingerprint density at radius 2 is 1.84 bits per heavy atom. The molecule has 0 saturated heterocycles. The van der Waals surface area contributed by atoms with Gasteiger partial charge in [-0.1, -0.05) is 18.2 Å². The van der Waals surface area contributed by atoms with Gasteiger partial charge in [-0.3, -0.25) is 4.84 Å². The van der Waals surface area contributed by atoms with Gasteiger partial charge < -0.3 is 9.63 Å². The van der Waals surface area contributed by atoms with E-state index in [0.29, 0.717) is 6.29 Å². The first-order chi connectivity index (χ1) is 14.5. The van der Waals surface area contributed by atoms with Gasteiger partial charge in [0.1, 0.15) is 12.1 Å². The predicted molar refractivity (Wildman–Crippen MR) is 105 cm³/mol. The van der Waals surface area contributed by atoms with Gasteiger partial charge in [-0.2, -0.15) is 21.6 Å². The fraction of sp³-hybridized carbons (Fsp3) is 0.167. The van der Waals surface area contributed by atoms with E-state index >= 15 is 0 Å². The summed E-state index contributed by atoms with van der Waals surface area (Å²) in [5.41, 5.74) is -4.38. The minimum atomic E-state index is -6.01. The molecule has 7 nitrogen and oxygen atoms in total. The molecule has 2 rings (SSSR count). The van der Waals surface area contributed by atoms with Crippen LogP contribution in [0.15, 0.2) is 49.0 Å². The Kier molecular flexibility index (Phi) is 7.87. The average molecular weight is 483 g/mol. The number of hydrogen-bond acceptors (Lipinski definition) is 6. The number of benzene rings is 2. The number of nitrogens with one attached hydrogen (secondary N) is 1. The third kappa shape index (κ3) is 6.09. The molecule has 168 valence electrons. The second-order valence-corrected chi connectivity index (χ2v) is 7.95. The third-order valence-electron chi connectivity index (χ3n) is 3.54. The standard InChI is InChI=1S/C18H15ClF4N2O5S/c1-12(24-30-15-6-4-14(20)5-7-15)16-11-13(19)3-8-17(16)25(29-10-2-9-26)31(27,28)18(21,22)23/h3-9,11,24H,1-2,10H2. The third-order valence-corrected chi connectivity index (χ3v) is 5.10. The molecule has 0 aromatic heterocycles. The van der Waals surface area contributed by atoms with E-state index in [9.17, 15) is 30.8 Å². The van der Waals surface area contributed by atoms with Crippen LogP contribution < -0.4 is 14.8 Å². The van der Waals surface area contributed by atoms with Gasteiger partial charge in [0.2, 0.25) is 0 Å². The lowest BCUT2D eigenvalue weighted by Crippen LogP contribution is -2.41. The minimum absolute atomic E-state index is 0.0423. The maximum atomic E-state index is 13.2. The van der Waals surface area contributed by atoms with Gasteiger partial charge in [0.25, 0.3) is 0 Å². The molecule has 0 unspecified atom stereocenters. The Hall–Kier alpha value is -2.83. The quantitative estimate of drug-likeness (QED) is 0.236. The van der Waals surface area contributed by atoms with Crippen molar-refractivity contribution in [2.45, 2.75) is 11.9 Å². The molecular weight excluding hydrogens is 468 g/mol. The second-order valence-electron chi connectivity index (χ2n) is 5.76. The van der Waals surface area contributed by atoms with Crippen molar-refractivity contribution in [3.8, 4) is 5.75 Å². The summed E-state index contributed by atoms with van der Waals surface area (Å²) in [4.78, 5) is 20.4. The Bertz CT molecular complexity index is 1050. The molecule has 0 bridgehead atoms. The van der Waals surface area contributed by atoms with Gasteiger partial charge >= 0.3 is 15.5 Å². The average Bonchev–Trinajstić information content (AvgIpc) is 2.70. The predicted octanol–water partition coefficient (Wildman–Crippen LogP) is 4.21. The lowest BCUT2D eigenvalue weighted by atomic mass is 10.1. The van der Waals surface area contributed by atoms with Crippen molar-refractivity contribution in [1.82, 2.24) is 5.48 Å². The molecule has 0 aliphatic carbocycles. The zero-order chi connectivity index (χ0) is 23.2. The highest BCUT2D eigenvalue weighted by Crippen LogP contribution is 2.36. The van der Waals surface area contributed by atoms with Crippen LogP contribution in [0, 0.1) is 5.82 Å². The SMILES string of the molecule is C=C(NOc1ccc(F)cc1)c1cc(Cl)ccc1N(OCCC=O)S(=O)(=O)C(F)(F)F. The number of anilines is 1. The number of hydrogen-bond donors (Lipinski definition) is 1. The number of sulfonamides is 1. The maximum Gasteiger partial charge on any atom is 0.518 e. The minimum Gasteiger partial charge on any atom is -0.382 e. The highest BCUT2D eigenvalue weighted by molar-refractivity contribution is 7.93. The number of nitrogens with zero attached hydrogens (tertiary/aromatic N) is 1. The maximum absolute atomic E-state index is 13.2. The van der Waals surface area contributed by atoms with Gasteiger partial charge in [0.15, 0.2) is 5.75 Å². The second kappa shape index (κ2) is 9.98. The van der Waals surface area contributed by atoms with Crippen LogP contribution in [0.1, 0.15) is 12.0 Å². The zero-order valence-electron chi connectivity index (χ0n) is 15.5. The highest BCUT2D eigenvalue weighted by atomic mass is 35.5. The fourth-order valence-electron chi connectivity index (χ4n) is 2.13. The number of carbonyl (C=O) groups excluding carboxylic acids is 1. The number of rotatable bonds is 10. The topological polar surface area (TPSA) is 84.9 Å². The number of carbonyl (C=O) groups is 1. The van der Waals surface area contributed by atoms with E-state index in [1.54, 1.807) is 0 Å². The van der Waals surface area contributed by atoms with Crippen LogP contribution in [0.25, 0.3) is 5.70 Å². The molecule has 0 spiro atoms. The van der Waals surface area contributed by atoms with Gasteiger partial charge in [-0.25, -0.2) is 9.87 Å². The molecule has 2 aromatic rings. The van der Waals surface area contributed by atoms with Crippen LogP contribution in [-0.4, -0.2) is 26.8 Å². The Balaban J connectivity index is 2.41. The van der Waals surface area contributed by atoms with Crippen molar-refractivity contribution in [2.75, 3.05) is 11.1 Å². The van der Waals surface area contributed by atoms with E-state index in [4.69, 9.17) is 21.3 Å². The summed E-state index contributed by atoms with van der Waals surface area (Å²) in [7, 11) is -6.01. The first-order valence-corrected chi connectivity index (χ1v) is 10.1. The summed E-state index contributed by atoms with van der Waals surface area (Å²) < 4.78 is 76.3. The van der Waals surface area contributed by atoms with Gasteiger partial charge in [-0.15, -0.1) is 4.47 Å². The lowest BCUT2D eigenvalue weighted by molar-refractivity contribution is -0.108. The molecule has 0 saturated carbocycles. The molecule has 1 N–H and O–H groups in total. The molecule has 0 radical (unpaired) electrons. The molecule has 31 heavy (non-hydrogen) atoms. The summed E-state index contributed by atoms with van der Waals surface area (Å²) in [6, 6.07) is 7.95. The van der Waals surface area contributed by atoms with Crippen molar-refractivity contribution < 1.29 is 40.4 Å². The van der Waals surface area contributed by atoms with E-state index in [1.807, 2.05) is 0 Å². The van der Waals surface area contributed by atoms with Gasteiger partial charge in [-0.05, 0) is 42.5 Å².